The van der Waals surface area contributed by atoms with E-state index in [1.54, 1.807) is 18.2 Å². The van der Waals surface area contributed by atoms with Crippen molar-refractivity contribution in [3.05, 3.63) is 29.8 Å². The van der Waals surface area contributed by atoms with Crippen LogP contribution in [0.15, 0.2) is 24.3 Å². The molecule has 1 saturated heterocycles. The molecule has 1 aromatic rings. The van der Waals surface area contributed by atoms with E-state index in [4.69, 9.17) is 5.73 Å². The molecular weight excluding hydrogens is 281 g/mol. The van der Waals surface area contributed by atoms with Gasteiger partial charge in [0.15, 0.2) is 0 Å². The Labute approximate surface area is 122 Å². The third-order valence-electron chi connectivity index (χ3n) is 4.02. The summed E-state index contributed by atoms with van der Waals surface area (Å²) in [6, 6.07) is 6.41. The average Bonchev–Trinajstić information content (AvgIpc) is 2.88. The highest BCUT2D eigenvalue weighted by molar-refractivity contribution is 5.36. The zero-order valence-electron chi connectivity index (χ0n) is 12.1. The van der Waals surface area contributed by atoms with Gasteiger partial charge in [-0.3, -0.25) is 4.90 Å². The summed E-state index contributed by atoms with van der Waals surface area (Å²) in [5, 5.41) is 0. The number of nitrogens with two attached hydrogens (primary N) is 1. The first-order chi connectivity index (χ1) is 9.96. The molecule has 1 heterocycles. The maximum absolute atomic E-state index is 12.5. The molecule has 2 rings (SSSR count). The average molecular weight is 302 g/mol. The highest BCUT2D eigenvalue weighted by atomic mass is 19.4. The molecule has 1 fully saturated rings. The van der Waals surface area contributed by atoms with Gasteiger partial charge in [0.25, 0.3) is 0 Å². The van der Waals surface area contributed by atoms with Crippen LogP contribution >= 0.6 is 0 Å². The predicted molar refractivity (Wildman–Crippen MR) is 74.9 cm³/mol. The molecule has 21 heavy (non-hydrogen) atoms. The summed E-state index contributed by atoms with van der Waals surface area (Å²) in [4.78, 5) is 2.21. The number of halogens is 3. The second kappa shape index (κ2) is 6.66. The summed E-state index contributed by atoms with van der Waals surface area (Å²) in [6.45, 7) is 3.23. The molecule has 1 aliphatic rings. The SMILES string of the molecule is CCC1CCCN1C(CN)c1ccccc1OC(F)(F)F. The van der Waals surface area contributed by atoms with Gasteiger partial charge in [0.1, 0.15) is 5.75 Å². The Morgan fingerprint density at radius 2 is 2.10 bits per heavy atom. The number of rotatable bonds is 5. The number of hydrogen-bond donors (Lipinski definition) is 1. The van der Waals surface area contributed by atoms with E-state index in [0.29, 0.717) is 11.6 Å². The van der Waals surface area contributed by atoms with E-state index in [-0.39, 0.29) is 18.3 Å². The minimum absolute atomic E-state index is 0.151. The first kappa shape index (κ1) is 16.1. The molecule has 2 atom stereocenters. The molecule has 1 aliphatic heterocycles. The maximum atomic E-state index is 12.5. The van der Waals surface area contributed by atoms with E-state index in [1.165, 1.54) is 6.07 Å². The Morgan fingerprint density at radius 1 is 1.38 bits per heavy atom. The van der Waals surface area contributed by atoms with Crippen molar-refractivity contribution in [1.82, 2.24) is 4.90 Å². The Morgan fingerprint density at radius 3 is 2.71 bits per heavy atom. The molecule has 2 N–H and O–H groups in total. The molecule has 0 spiro atoms. The van der Waals surface area contributed by atoms with Gasteiger partial charge in [-0.15, -0.1) is 13.2 Å². The van der Waals surface area contributed by atoms with Gasteiger partial charge in [0, 0.05) is 18.2 Å². The number of nitrogens with zero attached hydrogens (tertiary/aromatic N) is 1. The largest absolute Gasteiger partial charge is 0.573 e. The number of benzene rings is 1. The Balaban J connectivity index is 2.29. The van der Waals surface area contributed by atoms with E-state index in [2.05, 4.69) is 16.6 Å². The molecule has 1 aromatic carbocycles. The lowest BCUT2D eigenvalue weighted by Gasteiger charge is -2.33. The smallest absolute Gasteiger partial charge is 0.405 e. The summed E-state index contributed by atoms with van der Waals surface area (Å²) >= 11 is 0. The number of para-hydroxylation sites is 1. The fourth-order valence-electron chi connectivity index (χ4n) is 3.12. The summed E-state index contributed by atoms with van der Waals surface area (Å²) in [5.41, 5.74) is 6.37. The van der Waals surface area contributed by atoms with Gasteiger partial charge in [-0.05, 0) is 31.9 Å². The number of hydrogen-bond acceptors (Lipinski definition) is 3. The molecule has 2 unspecified atom stereocenters. The van der Waals surface area contributed by atoms with Gasteiger partial charge in [-0.25, -0.2) is 0 Å². The van der Waals surface area contributed by atoms with Crippen molar-refractivity contribution >= 4 is 0 Å². The predicted octanol–water partition coefficient (Wildman–Crippen LogP) is 3.46. The molecule has 6 heteroatoms. The summed E-state index contributed by atoms with van der Waals surface area (Å²) in [7, 11) is 0. The highest BCUT2D eigenvalue weighted by Gasteiger charge is 2.35. The van der Waals surface area contributed by atoms with Crippen LogP contribution in [-0.4, -0.2) is 30.4 Å². The fraction of sp³-hybridized carbons (Fsp3) is 0.600. The zero-order valence-corrected chi connectivity index (χ0v) is 12.1. The van der Waals surface area contributed by atoms with Gasteiger partial charge >= 0.3 is 6.36 Å². The second-order valence-corrected chi connectivity index (χ2v) is 5.28. The topological polar surface area (TPSA) is 38.5 Å². The lowest BCUT2D eigenvalue weighted by molar-refractivity contribution is -0.275. The van der Waals surface area contributed by atoms with Crippen molar-refractivity contribution in [1.29, 1.82) is 0 Å². The van der Waals surface area contributed by atoms with Crippen molar-refractivity contribution in [3.63, 3.8) is 0 Å². The van der Waals surface area contributed by atoms with Crippen LogP contribution in [0.5, 0.6) is 5.75 Å². The third kappa shape index (κ3) is 3.89. The normalized spacial score (nSPS) is 21.5. The van der Waals surface area contributed by atoms with Crippen molar-refractivity contribution in [2.24, 2.45) is 5.73 Å². The van der Waals surface area contributed by atoms with Gasteiger partial charge in [-0.2, -0.15) is 0 Å². The van der Waals surface area contributed by atoms with Crippen LogP contribution in [0.1, 0.15) is 37.8 Å². The third-order valence-corrected chi connectivity index (χ3v) is 4.02. The number of likely N-dealkylation sites (tertiary alicyclic amines) is 1. The Bertz CT molecular complexity index is 464. The molecule has 0 bridgehead atoms. The van der Waals surface area contributed by atoms with E-state index in [0.717, 1.165) is 25.8 Å². The molecule has 118 valence electrons. The molecular formula is C15H21F3N2O. The summed E-state index contributed by atoms with van der Waals surface area (Å²) < 4.78 is 41.8. The van der Waals surface area contributed by atoms with Crippen molar-refractivity contribution in [2.75, 3.05) is 13.1 Å². The van der Waals surface area contributed by atoms with Gasteiger partial charge in [0.2, 0.25) is 0 Å². The van der Waals surface area contributed by atoms with Crippen LogP contribution in [0.4, 0.5) is 13.2 Å². The Hall–Kier alpha value is -1.27. The zero-order chi connectivity index (χ0) is 15.5. The monoisotopic (exact) mass is 302 g/mol. The van der Waals surface area contributed by atoms with Crippen molar-refractivity contribution in [2.45, 2.75) is 44.6 Å². The van der Waals surface area contributed by atoms with E-state index in [1.807, 2.05) is 0 Å². The minimum Gasteiger partial charge on any atom is -0.405 e. The van der Waals surface area contributed by atoms with Gasteiger partial charge in [0.05, 0.1) is 6.04 Å². The fourth-order valence-corrected chi connectivity index (χ4v) is 3.12. The molecule has 0 aliphatic carbocycles. The maximum Gasteiger partial charge on any atom is 0.573 e. The van der Waals surface area contributed by atoms with Crippen molar-refractivity contribution in [3.8, 4) is 5.75 Å². The first-order valence-electron chi connectivity index (χ1n) is 7.26. The van der Waals surface area contributed by atoms with Crippen LogP contribution < -0.4 is 10.5 Å². The van der Waals surface area contributed by atoms with Crippen molar-refractivity contribution < 1.29 is 17.9 Å². The standard InChI is InChI=1S/C15H21F3N2O/c1-2-11-6-5-9-20(11)13(10-19)12-7-3-4-8-14(12)21-15(16,17)18/h3-4,7-8,11,13H,2,5-6,9-10,19H2,1H3. The molecule has 0 radical (unpaired) electrons. The van der Waals surface area contributed by atoms with Gasteiger partial charge in [-0.1, -0.05) is 25.1 Å². The van der Waals surface area contributed by atoms with E-state index < -0.39 is 6.36 Å². The van der Waals surface area contributed by atoms with Crippen LogP contribution in [0.25, 0.3) is 0 Å². The minimum atomic E-state index is -4.69. The quantitative estimate of drug-likeness (QED) is 0.905. The summed E-state index contributed by atoms with van der Waals surface area (Å²) in [6.07, 6.45) is -1.60. The van der Waals surface area contributed by atoms with Crippen LogP contribution in [0.2, 0.25) is 0 Å². The second-order valence-electron chi connectivity index (χ2n) is 5.28. The number of alkyl halides is 3. The van der Waals surface area contributed by atoms with Crippen LogP contribution in [-0.2, 0) is 0 Å². The van der Waals surface area contributed by atoms with E-state index in [9.17, 15) is 13.2 Å². The Kier molecular flexibility index (Phi) is 5.11. The van der Waals surface area contributed by atoms with Gasteiger partial charge < -0.3 is 10.5 Å². The lowest BCUT2D eigenvalue weighted by Crippen LogP contribution is -2.37. The van der Waals surface area contributed by atoms with Crippen LogP contribution in [0, 0.1) is 0 Å². The first-order valence-corrected chi connectivity index (χ1v) is 7.26. The molecule has 0 saturated carbocycles. The van der Waals surface area contributed by atoms with E-state index >= 15 is 0 Å². The number of ether oxygens (including phenoxy) is 1. The summed E-state index contributed by atoms with van der Waals surface area (Å²) in [5.74, 6) is -0.151. The molecule has 0 amide bonds. The van der Waals surface area contributed by atoms with Crippen LogP contribution in [0.3, 0.4) is 0 Å². The molecule has 3 nitrogen and oxygen atoms in total. The highest BCUT2D eigenvalue weighted by Crippen LogP contribution is 2.36. The molecule has 0 aromatic heterocycles. The lowest BCUT2D eigenvalue weighted by atomic mass is 10.0.